The summed E-state index contributed by atoms with van der Waals surface area (Å²) in [6.07, 6.45) is -0.784. The van der Waals surface area contributed by atoms with Gasteiger partial charge in [0.15, 0.2) is 5.65 Å². The van der Waals surface area contributed by atoms with Gasteiger partial charge in [-0.25, -0.2) is 4.98 Å². The molecule has 0 bridgehead atoms. The van der Waals surface area contributed by atoms with E-state index in [0.29, 0.717) is 12.2 Å². The topological polar surface area (TPSA) is 46.4 Å². The normalized spacial score (nSPS) is 11.6. The van der Waals surface area contributed by atoms with E-state index in [1.54, 1.807) is 0 Å². The summed E-state index contributed by atoms with van der Waals surface area (Å²) in [5, 5.41) is 2.43. The molecule has 2 rings (SSSR count). The molecule has 8 heteroatoms. The smallest absolute Gasteiger partial charge is 0.352 e. The van der Waals surface area contributed by atoms with Gasteiger partial charge in [0, 0.05) is 18.9 Å². The minimum absolute atomic E-state index is 0.0484. The standard InChI is InChI=1S/C13H11ClF3N3O/c1-2-3-18-11(21)5-9-7-20-6-8(13(15,16)17)4-10(14)12(20)19-9/h2,4,6-7H,1,3,5H2,(H,18,21). The van der Waals surface area contributed by atoms with Gasteiger partial charge in [0.2, 0.25) is 5.91 Å². The van der Waals surface area contributed by atoms with Crippen LogP contribution >= 0.6 is 11.6 Å². The first kappa shape index (κ1) is 15.4. The fourth-order valence-electron chi connectivity index (χ4n) is 1.76. The van der Waals surface area contributed by atoms with Crippen molar-refractivity contribution in [2.75, 3.05) is 6.54 Å². The van der Waals surface area contributed by atoms with Crippen LogP contribution in [0.5, 0.6) is 0 Å². The average molecular weight is 318 g/mol. The molecule has 0 fully saturated rings. The third-order valence-electron chi connectivity index (χ3n) is 2.67. The third kappa shape index (κ3) is 3.55. The molecule has 1 amide bonds. The third-order valence-corrected chi connectivity index (χ3v) is 2.95. The fourth-order valence-corrected chi connectivity index (χ4v) is 2.02. The monoisotopic (exact) mass is 317 g/mol. The van der Waals surface area contributed by atoms with Gasteiger partial charge in [-0.3, -0.25) is 4.79 Å². The summed E-state index contributed by atoms with van der Waals surface area (Å²) in [7, 11) is 0. The zero-order chi connectivity index (χ0) is 15.6. The molecule has 0 spiro atoms. The van der Waals surface area contributed by atoms with Gasteiger partial charge in [0.05, 0.1) is 22.7 Å². The number of nitrogens with one attached hydrogen (secondary N) is 1. The fraction of sp³-hybridized carbons (Fsp3) is 0.231. The maximum Gasteiger partial charge on any atom is 0.417 e. The Morgan fingerprint density at radius 2 is 2.19 bits per heavy atom. The van der Waals surface area contributed by atoms with Gasteiger partial charge >= 0.3 is 6.18 Å². The molecule has 0 aliphatic rings. The molecule has 2 aromatic heterocycles. The van der Waals surface area contributed by atoms with Crippen LogP contribution in [0, 0.1) is 0 Å². The van der Waals surface area contributed by atoms with Gasteiger partial charge in [0.1, 0.15) is 0 Å². The molecule has 0 aromatic carbocycles. The molecule has 0 radical (unpaired) electrons. The van der Waals surface area contributed by atoms with Gasteiger partial charge in [-0.2, -0.15) is 13.2 Å². The van der Waals surface area contributed by atoms with E-state index < -0.39 is 11.7 Å². The van der Waals surface area contributed by atoms with Gasteiger partial charge in [-0.1, -0.05) is 17.7 Å². The SMILES string of the molecule is C=CCNC(=O)Cc1cn2cc(C(F)(F)F)cc(Cl)c2n1. The highest BCUT2D eigenvalue weighted by Crippen LogP contribution is 2.32. The van der Waals surface area contributed by atoms with Crippen molar-refractivity contribution in [3.63, 3.8) is 0 Å². The highest BCUT2D eigenvalue weighted by Gasteiger charge is 2.31. The molecule has 0 aliphatic carbocycles. The quantitative estimate of drug-likeness (QED) is 0.881. The van der Waals surface area contributed by atoms with Crippen LogP contribution in [0.2, 0.25) is 5.02 Å². The van der Waals surface area contributed by atoms with Crippen LogP contribution in [0.15, 0.2) is 31.1 Å². The molecule has 0 saturated carbocycles. The summed E-state index contributed by atoms with van der Waals surface area (Å²) in [4.78, 5) is 15.6. The van der Waals surface area contributed by atoms with E-state index in [1.165, 1.54) is 16.7 Å². The lowest BCUT2D eigenvalue weighted by Gasteiger charge is -2.07. The summed E-state index contributed by atoms with van der Waals surface area (Å²) in [6.45, 7) is 3.77. The maximum atomic E-state index is 12.7. The number of halogens is 4. The lowest BCUT2D eigenvalue weighted by atomic mass is 10.3. The Hall–Kier alpha value is -2.02. The highest BCUT2D eigenvalue weighted by atomic mass is 35.5. The lowest BCUT2D eigenvalue weighted by molar-refractivity contribution is -0.137. The Labute approximate surface area is 123 Å². The van der Waals surface area contributed by atoms with Crippen LogP contribution in [0.1, 0.15) is 11.3 Å². The van der Waals surface area contributed by atoms with Crippen LogP contribution in [0.4, 0.5) is 13.2 Å². The average Bonchev–Trinajstić information content (AvgIpc) is 2.78. The van der Waals surface area contributed by atoms with Crippen molar-refractivity contribution < 1.29 is 18.0 Å². The van der Waals surface area contributed by atoms with Crippen molar-refractivity contribution in [3.8, 4) is 0 Å². The molecule has 1 N–H and O–H groups in total. The predicted octanol–water partition coefficient (Wildman–Crippen LogP) is 2.85. The summed E-state index contributed by atoms with van der Waals surface area (Å²) < 4.78 is 39.2. The van der Waals surface area contributed by atoms with Gasteiger partial charge in [0.25, 0.3) is 0 Å². The number of hydrogen-bond donors (Lipinski definition) is 1. The van der Waals surface area contributed by atoms with Crippen molar-refractivity contribution in [1.29, 1.82) is 0 Å². The Balaban J connectivity index is 2.31. The Kier molecular flexibility index (Phi) is 4.22. The van der Waals surface area contributed by atoms with Crippen molar-refractivity contribution in [3.05, 3.63) is 47.4 Å². The van der Waals surface area contributed by atoms with Crippen LogP contribution in [0.25, 0.3) is 5.65 Å². The first-order chi connectivity index (χ1) is 9.81. The van der Waals surface area contributed by atoms with Crippen LogP contribution in [-0.2, 0) is 17.4 Å². The molecule has 0 atom stereocenters. The van der Waals surface area contributed by atoms with Crippen LogP contribution in [-0.4, -0.2) is 21.8 Å². The number of carbonyl (C=O) groups excluding carboxylic acids is 1. The Bertz CT molecular complexity index is 694. The number of aromatic nitrogens is 2. The largest absolute Gasteiger partial charge is 0.417 e. The van der Waals surface area contributed by atoms with E-state index in [-0.39, 0.29) is 23.0 Å². The van der Waals surface area contributed by atoms with E-state index >= 15 is 0 Å². The molecule has 0 aliphatic heterocycles. The molecular formula is C13H11ClF3N3O. The molecule has 21 heavy (non-hydrogen) atoms. The first-order valence-corrected chi connectivity index (χ1v) is 6.31. The number of carbonyl (C=O) groups is 1. The lowest BCUT2D eigenvalue weighted by Crippen LogP contribution is -2.25. The number of pyridine rings is 1. The van der Waals surface area contributed by atoms with Gasteiger partial charge < -0.3 is 9.72 Å². The maximum absolute atomic E-state index is 12.7. The first-order valence-electron chi connectivity index (χ1n) is 5.93. The number of hydrogen-bond acceptors (Lipinski definition) is 2. The summed E-state index contributed by atoms with van der Waals surface area (Å²) >= 11 is 5.80. The molecule has 0 saturated heterocycles. The summed E-state index contributed by atoms with van der Waals surface area (Å²) in [5.41, 5.74) is -0.367. The van der Waals surface area contributed by atoms with Crippen molar-refractivity contribution in [1.82, 2.24) is 14.7 Å². The van der Waals surface area contributed by atoms with Gasteiger partial charge in [-0.05, 0) is 6.07 Å². The minimum Gasteiger partial charge on any atom is -0.352 e. The predicted molar refractivity (Wildman–Crippen MR) is 72.1 cm³/mol. The molecule has 4 nitrogen and oxygen atoms in total. The highest BCUT2D eigenvalue weighted by molar-refractivity contribution is 6.33. The van der Waals surface area contributed by atoms with Crippen molar-refractivity contribution in [2.24, 2.45) is 0 Å². The summed E-state index contributed by atoms with van der Waals surface area (Å²) in [6, 6.07) is 0.811. The zero-order valence-corrected chi connectivity index (χ0v) is 11.5. The van der Waals surface area contributed by atoms with Crippen molar-refractivity contribution >= 4 is 23.2 Å². The van der Waals surface area contributed by atoms with E-state index in [1.807, 2.05) is 0 Å². The second-order valence-electron chi connectivity index (χ2n) is 4.31. The number of rotatable bonds is 4. The molecule has 2 aromatic rings. The number of imidazole rings is 1. The van der Waals surface area contributed by atoms with E-state index in [9.17, 15) is 18.0 Å². The minimum atomic E-state index is -4.50. The van der Waals surface area contributed by atoms with Crippen LogP contribution in [0.3, 0.4) is 0 Å². The second kappa shape index (κ2) is 5.77. The number of nitrogens with zero attached hydrogens (tertiary/aromatic N) is 2. The number of amides is 1. The van der Waals surface area contributed by atoms with Crippen LogP contribution < -0.4 is 5.32 Å². The van der Waals surface area contributed by atoms with E-state index in [2.05, 4.69) is 16.9 Å². The molecule has 2 heterocycles. The summed E-state index contributed by atoms with van der Waals surface area (Å²) in [5.74, 6) is -0.300. The Morgan fingerprint density at radius 3 is 2.81 bits per heavy atom. The van der Waals surface area contributed by atoms with E-state index in [4.69, 9.17) is 11.6 Å². The number of fused-ring (bicyclic) bond motifs is 1. The Morgan fingerprint density at radius 1 is 1.48 bits per heavy atom. The molecular weight excluding hydrogens is 307 g/mol. The number of alkyl halides is 3. The second-order valence-corrected chi connectivity index (χ2v) is 4.71. The molecule has 112 valence electrons. The van der Waals surface area contributed by atoms with Gasteiger partial charge in [-0.15, -0.1) is 6.58 Å². The van der Waals surface area contributed by atoms with E-state index in [0.717, 1.165) is 12.3 Å². The zero-order valence-electron chi connectivity index (χ0n) is 10.7. The van der Waals surface area contributed by atoms with Crippen molar-refractivity contribution in [2.45, 2.75) is 12.6 Å². The molecule has 0 unspecified atom stereocenters.